The van der Waals surface area contributed by atoms with Gasteiger partial charge in [0, 0.05) is 15.7 Å². The van der Waals surface area contributed by atoms with Crippen LogP contribution in [-0.2, 0) is 12.8 Å². The second kappa shape index (κ2) is 4.57. The highest BCUT2D eigenvalue weighted by Gasteiger charge is 2.18. The average molecular weight is 305 g/mol. The fourth-order valence-electron chi connectivity index (χ4n) is 2.26. The van der Waals surface area contributed by atoms with E-state index in [2.05, 4.69) is 31.2 Å². The zero-order valence-electron chi connectivity index (χ0n) is 9.78. The molecule has 1 aliphatic rings. The highest BCUT2D eigenvalue weighted by atomic mass is 79.9. The topological polar surface area (TPSA) is 63.8 Å². The van der Waals surface area contributed by atoms with Crippen LogP contribution in [0.5, 0.6) is 0 Å². The van der Waals surface area contributed by atoms with E-state index in [-0.39, 0.29) is 0 Å². The molecule has 0 saturated carbocycles. The molecule has 0 fully saturated rings. The molecule has 0 aliphatic heterocycles. The van der Waals surface area contributed by atoms with Gasteiger partial charge in [-0.2, -0.15) is 4.98 Å². The molecule has 18 heavy (non-hydrogen) atoms. The van der Waals surface area contributed by atoms with Gasteiger partial charge < -0.3 is 11.1 Å². The Bertz CT molecular complexity index is 598. The minimum absolute atomic E-state index is 0.341. The second-order valence-electron chi connectivity index (χ2n) is 4.34. The Morgan fingerprint density at radius 1 is 1.22 bits per heavy atom. The highest BCUT2D eigenvalue weighted by Crippen LogP contribution is 2.29. The molecule has 0 atom stereocenters. The lowest BCUT2D eigenvalue weighted by Crippen LogP contribution is -2.05. The van der Waals surface area contributed by atoms with Gasteiger partial charge in [-0.25, -0.2) is 4.98 Å². The monoisotopic (exact) mass is 304 g/mol. The SMILES string of the molecule is Nc1nc2c(c(Nc3cccc(Br)c3)n1)CCC2. The number of hydrogen-bond donors (Lipinski definition) is 2. The van der Waals surface area contributed by atoms with Gasteiger partial charge >= 0.3 is 0 Å². The maximum absolute atomic E-state index is 5.74. The van der Waals surface area contributed by atoms with Gasteiger partial charge in [0.05, 0.1) is 5.69 Å². The number of fused-ring (bicyclic) bond motifs is 1. The van der Waals surface area contributed by atoms with E-state index in [0.29, 0.717) is 5.95 Å². The highest BCUT2D eigenvalue weighted by molar-refractivity contribution is 9.10. The van der Waals surface area contributed by atoms with Crippen molar-refractivity contribution in [3.8, 4) is 0 Å². The van der Waals surface area contributed by atoms with Crippen LogP contribution in [0.3, 0.4) is 0 Å². The molecule has 3 N–H and O–H groups in total. The summed E-state index contributed by atoms with van der Waals surface area (Å²) < 4.78 is 1.03. The van der Waals surface area contributed by atoms with Gasteiger partial charge in [-0.3, -0.25) is 0 Å². The van der Waals surface area contributed by atoms with Crippen molar-refractivity contribution in [1.29, 1.82) is 0 Å². The number of nitrogens with zero attached hydrogens (tertiary/aromatic N) is 2. The molecule has 0 radical (unpaired) electrons. The van der Waals surface area contributed by atoms with Gasteiger partial charge in [-0.15, -0.1) is 0 Å². The minimum Gasteiger partial charge on any atom is -0.368 e. The molecule has 1 heterocycles. The average Bonchev–Trinajstić information content (AvgIpc) is 2.77. The van der Waals surface area contributed by atoms with Crippen molar-refractivity contribution < 1.29 is 0 Å². The number of aryl methyl sites for hydroxylation is 1. The third-order valence-electron chi connectivity index (χ3n) is 3.04. The molecule has 0 spiro atoms. The van der Waals surface area contributed by atoms with Crippen LogP contribution in [0.2, 0.25) is 0 Å². The Hall–Kier alpha value is -1.62. The van der Waals surface area contributed by atoms with Crippen LogP contribution < -0.4 is 11.1 Å². The Kier molecular flexibility index (Phi) is 2.91. The normalized spacial score (nSPS) is 13.4. The first-order chi connectivity index (χ1) is 8.72. The quantitative estimate of drug-likeness (QED) is 0.895. The molecule has 0 bridgehead atoms. The zero-order chi connectivity index (χ0) is 12.5. The Balaban J connectivity index is 1.98. The zero-order valence-corrected chi connectivity index (χ0v) is 11.4. The van der Waals surface area contributed by atoms with E-state index in [9.17, 15) is 0 Å². The summed E-state index contributed by atoms with van der Waals surface area (Å²) in [5.74, 6) is 1.18. The molecule has 4 nitrogen and oxygen atoms in total. The smallest absolute Gasteiger partial charge is 0.222 e. The number of nitrogens with one attached hydrogen (secondary N) is 1. The van der Waals surface area contributed by atoms with Crippen LogP contribution >= 0.6 is 15.9 Å². The van der Waals surface area contributed by atoms with Crippen molar-refractivity contribution in [3.05, 3.63) is 40.0 Å². The molecule has 1 aromatic heterocycles. The van der Waals surface area contributed by atoms with E-state index in [1.165, 1.54) is 5.56 Å². The summed E-state index contributed by atoms with van der Waals surface area (Å²) in [7, 11) is 0. The third kappa shape index (κ3) is 2.18. The van der Waals surface area contributed by atoms with E-state index in [0.717, 1.165) is 40.9 Å². The number of benzene rings is 1. The summed E-state index contributed by atoms with van der Waals surface area (Å²) >= 11 is 3.45. The molecule has 1 aromatic carbocycles. The van der Waals surface area contributed by atoms with E-state index in [1.807, 2.05) is 24.3 Å². The fraction of sp³-hybridized carbons (Fsp3) is 0.231. The molecule has 0 saturated heterocycles. The van der Waals surface area contributed by atoms with E-state index >= 15 is 0 Å². The molecule has 3 rings (SSSR count). The number of hydrogen-bond acceptors (Lipinski definition) is 4. The first kappa shape index (κ1) is 11.5. The third-order valence-corrected chi connectivity index (χ3v) is 3.53. The second-order valence-corrected chi connectivity index (χ2v) is 5.26. The van der Waals surface area contributed by atoms with Crippen LogP contribution in [0.4, 0.5) is 17.5 Å². The predicted molar refractivity (Wildman–Crippen MR) is 75.9 cm³/mol. The fourth-order valence-corrected chi connectivity index (χ4v) is 2.66. The largest absolute Gasteiger partial charge is 0.368 e. The molecule has 0 amide bonds. The summed E-state index contributed by atoms with van der Waals surface area (Å²) in [6.07, 6.45) is 3.14. The van der Waals surface area contributed by atoms with Crippen molar-refractivity contribution in [2.75, 3.05) is 11.1 Å². The minimum atomic E-state index is 0.341. The Morgan fingerprint density at radius 3 is 2.94 bits per heavy atom. The summed E-state index contributed by atoms with van der Waals surface area (Å²) in [6.45, 7) is 0. The molecule has 0 unspecified atom stereocenters. The predicted octanol–water partition coefficient (Wildman–Crippen LogP) is 3.05. The van der Waals surface area contributed by atoms with Gasteiger partial charge in [-0.05, 0) is 37.5 Å². The van der Waals surface area contributed by atoms with Crippen molar-refractivity contribution in [2.24, 2.45) is 0 Å². The summed E-state index contributed by atoms with van der Waals surface area (Å²) in [5, 5.41) is 3.32. The van der Waals surface area contributed by atoms with Gasteiger partial charge in [0.15, 0.2) is 0 Å². The first-order valence-corrected chi connectivity index (χ1v) is 6.69. The number of nitrogens with two attached hydrogens (primary N) is 1. The van der Waals surface area contributed by atoms with Crippen molar-refractivity contribution in [3.63, 3.8) is 0 Å². The molecular weight excluding hydrogens is 292 g/mol. The van der Waals surface area contributed by atoms with Crippen LogP contribution in [0, 0.1) is 0 Å². The number of halogens is 1. The van der Waals surface area contributed by atoms with Crippen molar-refractivity contribution in [2.45, 2.75) is 19.3 Å². The lowest BCUT2D eigenvalue weighted by atomic mass is 10.2. The van der Waals surface area contributed by atoms with E-state index < -0.39 is 0 Å². The van der Waals surface area contributed by atoms with Crippen LogP contribution in [-0.4, -0.2) is 9.97 Å². The molecule has 1 aliphatic carbocycles. The van der Waals surface area contributed by atoms with E-state index in [4.69, 9.17) is 5.73 Å². The molecule has 5 heteroatoms. The lowest BCUT2D eigenvalue weighted by molar-refractivity contribution is 0.900. The van der Waals surface area contributed by atoms with E-state index in [1.54, 1.807) is 0 Å². The van der Waals surface area contributed by atoms with Gasteiger partial charge in [0.25, 0.3) is 0 Å². The lowest BCUT2D eigenvalue weighted by Gasteiger charge is -2.10. The van der Waals surface area contributed by atoms with Gasteiger partial charge in [-0.1, -0.05) is 22.0 Å². The summed E-state index contributed by atoms with van der Waals surface area (Å²) in [5.41, 5.74) is 9.02. The van der Waals surface area contributed by atoms with Crippen molar-refractivity contribution in [1.82, 2.24) is 9.97 Å². The standard InChI is InChI=1S/C13H13BrN4/c14-8-3-1-4-9(7-8)16-12-10-5-2-6-11(10)17-13(15)18-12/h1,3-4,7H,2,5-6H2,(H3,15,16,17,18). The molecular formula is C13H13BrN4. The Morgan fingerprint density at radius 2 is 2.11 bits per heavy atom. The van der Waals surface area contributed by atoms with Crippen LogP contribution in [0.15, 0.2) is 28.7 Å². The van der Waals surface area contributed by atoms with Crippen LogP contribution in [0.25, 0.3) is 0 Å². The molecule has 92 valence electrons. The van der Waals surface area contributed by atoms with Gasteiger partial charge in [0.1, 0.15) is 5.82 Å². The number of anilines is 3. The summed E-state index contributed by atoms with van der Waals surface area (Å²) in [6, 6.07) is 7.99. The van der Waals surface area contributed by atoms with Crippen LogP contribution in [0.1, 0.15) is 17.7 Å². The number of aromatic nitrogens is 2. The van der Waals surface area contributed by atoms with Gasteiger partial charge in [0.2, 0.25) is 5.95 Å². The number of rotatable bonds is 2. The maximum Gasteiger partial charge on any atom is 0.222 e. The summed E-state index contributed by atoms with van der Waals surface area (Å²) in [4.78, 5) is 8.60. The number of nitrogen functional groups attached to an aromatic ring is 1. The first-order valence-electron chi connectivity index (χ1n) is 5.90. The molecule has 2 aromatic rings. The maximum atomic E-state index is 5.74. The van der Waals surface area contributed by atoms with Crippen molar-refractivity contribution >= 4 is 33.4 Å². The Labute approximate surface area is 114 Å².